The molecular formula is C13H18FIN4. The van der Waals surface area contributed by atoms with Crippen molar-refractivity contribution < 1.29 is 4.39 Å². The fourth-order valence-electron chi connectivity index (χ4n) is 1.42. The average molecular weight is 376 g/mol. The summed E-state index contributed by atoms with van der Waals surface area (Å²) >= 11 is 0. The van der Waals surface area contributed by atoms with Crippen LogP contribution >= 0.6 is 24.0 Å². The molecule has 2 N–H and O–H groups in total. The first-order chi connectivity index (χ1) is 8.71. The highest BCUT2D eigenvalue weighted by Gasteiger charge is 2.04. The number of nitriles is 1. The molecule has 0 radical (unpaired) electrons. The van der Waals surface area contributed by atoms with Gasteiger partial charge in [0.25, 0.3) is 0 Å². The van der Waals surface area contributed by atoms with E-state index in [9.17, 15) is 4.39 Å². The molecule has 0 heterocycles. The van der Waals surface area contributed by atoms with E-state index in [-0.39, 0.29) is 29.8 Å². The van der Waals surface area contributed by atoms with Gasteiger partial charge in [-0.15, -0.1) is 24.0 Å². The van der Waals surface area contributed by atoms with Gasteiger partial charge in [-0.1, -0.05) is 6.92 Å². The standard InChI is InChI=1S/C13H17FN4.HI/c1-3-6-17-13(16-2)18-9-11-7-10(8-15)4-5-12(11)14;/h4-5,7H,3,6,9H2,1-2H3,(H2,16,17,18);1H. The van der Waals surface area contributed by atoms with E-state index in [0.717, 1.165) is 13.0 Å². The van der Waals surface area contributed by atoms with Crippen LogP contribution in [0.5, 0.6) is 0 Å². The Morgan fingerprint density at radius 2 is 2.16 bits per heavy atom. The third kappa shape index (κ3) is 5.87. The Hall–Kier alpha value is -1.36. The van der Waals surface area contributed by atoms with Gasteiger partial charge < -0.3 is 10.6 Å². The Morgan fingerprint density at radius 1 is 1.42 bits per heavy atom. The van der Waals surface area contributed by atoms with Gasteiger partial charge in [-0.2, -0.15) is 5.26 Å². The predicted molar refractivity (Wildman–Crippen MR) is 85.0 cm³/mol. The SMILES string of the molecule is CCCNC(=NC)NCc1cc(C#N)ccc1F.I. The molecule has 19 heavy (non-hydrogen) atoms. The van der Waals surface area contributed by atoms with Gasteiger partial charge in [0.15, 0.2) is 5.96 Å². The normalized spacial score (nSPS) is 10.3. The lowest BCUT2D eigenvalue weighted by atomic mass is 10.1. The molecule has 0 unspecified atom stereocenters. The molecule has 0 aliphatic carbocycles. The summed E-state index contributed by atoms with van der Waals surface area (Å²) in [6, 6.07) is 6.29. The fraction of sp³-hybridized carbons (Fsp3) is 0.385. The highest BCUT2D eigenvalue weighted by Crippen LogP contribution is 2.09. The van der Waals surface area contributed by atoms with Crippen molar-refractivity contribution in [3.05, 3.63) is 35.1 Å². The zero-order chi connectivity index (χ0) is 13.4. The van der Waals surface area contributed by atoms with Crippen molar-refractivity contribution in [2.45, 2.75) is 19.9 Å². The Balaban J connectivity index is 0.00000324. The predicted octanol–water partition coefficient (Wildman–Crippen LogP) is 2.39. The highest BCUT2D eigenvalue weighted by atomic mass is 127. The molecule has 0 bridgehead atoms. The maximum Gasteiger partial charge on any atom is 0.191 e. The van der Waals surface area contributed by atoms with Gasteiger partial charge in [0.2, 0.25) is 0 Å². The lowest BCUT2D eigenvalue weighted by Gasteiger charge is -2.11. The Morgan fingerprint density at radius 3 is 2.74 bits per heavy atom. The van der Waals surface area contributed by atoms with Crippen LogP contribution in [0.2, 0.25) is 0 Å². The number of nitrogens with zero attached hydrogens (tertiary/aromatic N) is 2. The summed E-state index contributed by atoms with van der Waals surface area (Å²) in [5, 5.41) is 14.9. The van der Waals surface area contributed by atoms with E-state index < -0.39 is 0 Å². The van der Waals surface area contributed by atoms with Crippen LogP contribution in [0.15, 0.2) is 23.2 Å². The van der Waals surface area contributed by atoms with Gasteiger partial charge in [0, 0.05) is 25.7 Å². The number of nitrogens with one attached hydrogen (secondary N) is 2. The monoisotopic (exact) mass is 376 g/mol. The minimum Gasteiger partial charge on any atom is -0.356 e. The highest BCUT2D eigenvalue weighted by molar-refractivity contribution is 14.0. The molecular weight excluding hydrogens is 358 g/mol. The van der Waals surface area contributed by atoms with Crippen LogP contribution in [0.3, 0.4) is 0 Å². The van der Waals surface area contributed by atoms with Crippen molar-refractivity contribution in [2.24, 2.45) is 4.99 Å². The molecule has 1 aromatic carbocycles. The number of benzene rings is 1. The number of hydrogen-bond donors (Lipinski definition) is 2. The van der Waals surface area contributed by atoms with Crippen LogP contribution in [-0.2, 0) is 6.54 Å². The largest absolute Gasteiger partial charge is 0.356 e. The van der Waals surface area contributed by atoms with E-state index in [1.807, 2.05) is 6.07 Å². The minimum absolute atomic E-state index is 0. The topological polar surface area (TPSA) is 60.2 Å². The zero-order valence-electron chi connectivity index (χ0n) is 11.0. The molecule has 4 nitrogen and oxygen atoms in total. The number of aliphatic imine (C=N–C) groups is 1. The van der Waals surface area contributed by atoms with E-state index in [2.05, 4.69) is 22.5 Å². The van der Waals surface area contributed by atoms with Crippen LogP contribution in [0.4, 0.5) is 4.39 Å². The maximum absolute atomic E-state index is 13.5. The molecule has 0 fully saturated rings. The van der Waals surface area contributed by atoms with Gasteiger partial charge in [0.05, 0.1) is 11.6 Å². The van der Waals surface area contributed by atoms with E-state index >= 15 is 0 Å². The molecule has 0 aliphatic rings. The molecule has 0 amide bonds. The van der Waals surface area contributed by atoms with Gasteiger partial charge in [0.1, 0.15) is 5.82 Å². The van der Waals surface area contributed by atoms with Gasteiger partial charge in [-0.25, -0.2) is 4.39 Å². The summed E-state index contributed by atoms with van der Waals surface area (Å²) in [4.78, 5) is 4.02. The lowest BCUT2D eigenvalue weighted by Crippen LogP contribution is -2.37. The van der Waals surface area contributed by atoms with Crippen LogP contribution < -0.4 is 10.6 Å². The second-order valence-corrected chi connectivity index (χ2v) is 3.77. The van der Waals surface area contributed by atoms with Crippen molar-refractivity contribution >= 4 is 29.9 Å². The fourth-order valence-corrected chi connectivity index (χ4v) is 1.42. The lowest BCUT2D eigenvalue weighted by molar-refractivity contribution is 0.604. The molecule has 0 spiro atoms. The molecule has 6 heteroatoms. The Bertz CT molecular complexity index is 468. The van der Waals surface area contributed by atoms with E-state index in [1.165, 1.54) is 18.2 Å². The molecule has 0 saturated carbocycles. The number of hydrogen-bond acceptors (Lipinski definition) is 2. The summed E-state index contributed by atoms with van der Waals surface area (Å²) in [5.74, 6) is 0.297. The third-order valence-electron chi connectivity index (χ3n) is 2.39. The molecule has 0 aromatic heterocycles. The van der Waals surface area contributed by atoms with E-state index in [1.54, 1.807) is 7.05 Å². The average Bonchev–Trinajstić information content (AvgIpc) is 2.40. The Labute approximate surface area is 130 Å². The molecule has 0 saturated heterocycles. The summed E-state index contributed by atoms with van der Waals surface area (Å²) < 4.78 is 13.5. The van der Waals surface area contributed by atoms with Crippen molar-refractivity contribution in [2.75, 3.05) is 13.6 Å². The number of halogens is 2. The first kappa shape index (κ1) is 17.6. The number of guanidine groups is 1. The van der Waals surface area contributed by atoms with Crippen LogP contribution in [0.25, 0.3) is 0 Å². The van der Waals surface area contributed by atoms with E-state index in [0.29, 0.717) is 23.6 Å². The van der Waals surface area contributed by atoms with Crippen molar-refractivity contribution in [1.29, 1.82) is 5.26 Å². The molecule has 1 rings (SSSR count). The van der Waals surface area contributed by atoms with Crippen LogP contribution in [0, 0.1) is 17.1 Å². The summed E-state index contributed by atoms with van der Waals surface area (Å²) in [6.07, 6.45) is 0.985. The first-order valence-corrected chi connectivity index (χ1v) is 5.84. The second-order valence-electron chi connectivity index (χ2n) is 3.77. The Kier molecular flexibility index (Phi) is 8.87. The van der Waals surface area contributed by atoms with E-state index in [4.69, 9.17) is 5.26 Å². The van der Waals surface area contributed by atoms with Gasteiger partial charge in [-0.3, -0.25) is 4.99 Å². The molecule has 1 aromatic rings. The summed E-state index contributed by atoms with van der Waals surface area (Å²) in [5.41, 5.74) is 0.901. The molecule has 0 aliphatic heterocycles. The maximum atomic E-state index is 13.5. The minimum atomic E-state index is -0.326. The van der Waals surface area contributed by atoms with Gasteiger partial charge >= 0.3 is 0 Å². The smallest absolute Gasteiger partial charge is 0.191 e. The zero-order valence-corrected chi connectivity index (χ0v) is 13.4. The second kappa shape index (κ2) is 9.55. The van der Waals surface area contributed by atoms with Crippen molar-refractivity contribution in [3.63, 3.8) is 0 Å². The first-order valence-electron chi connectivity index (χ1n) is 5.84. The number of rotatable bonds is 4. The van der Waals surface area contributed by atoms with Crippen LogP contribution in [0.1, 0.15) is 24.5 Å². The van der Waals surface area contributed by atoms with Crippen molar-refractivity contribution in [1.82, 2.24) is 10.6 Å². The molecule has 104 valence electrons. The summed E-state index contributed by atoms with van der Waals surface area (Å²) in [7, 11) is 1.66. The molecule has 0 atom stereocenters. The summed E-state index contributed by atoms with van der Waals surface area (Å²) in [6.45, 7) is 3.15. The van der Waals surface area contributed by atoms with Gasteiger partial charge in [-0.05, 0) is 24.6 Å². The quantitative estimate of drug-likeness (QED) is 0.482. The van der Waals surface area contributed by atoms with Crippen LogP contribution in [-0.4, -0.2) is 19.6 Å². The van der Waals surface area contributed by atoms with Crippen molar-refractivity contribution in [3.8, 4) is 6.07 Å². The third-order valence-corrected chi connectivity index (χ3v) is 2.39.